The molecule has 100 valence electrons. The smallest absolute Gasteiger partial charge is 0.123 e. The van der Waals surface area contributed by atoms with E-state index in [0.29, 0.717) is 5.75 Å². The summed E-state index contributed by atoms with van der Waals surface area (Å²) < 4.78 is 0. The Labute approximate surface area is 117 Å². The Morgan fingerprint density at radius 2 is 1.68 bits per heavy atom. The summed E-state index contributed by atoms with van der Waals surface area (Å²) in [6.07, 6.45) is 4.11. The SMILES string of the molecule is Oc1ccc(S[C@@H]2CCCC[C@H]2O)c2ccccc12. The summed E-state index contributed by atoms with van der Waals surface area (Å²) in [5.74, 6) is 0.323. The fourth-order valence-corrected chi connectivity index (χ4v) is 4.09. The molecular formula is C16H18O2S. The molecule has 0 spiro atoms. The van der Waals surface area contributed by atoms with Crippen molar-refractivity contribution in [2.75, 3.05) is 0 Å². The maximum Gasteiger partial charge on any atom is 0.123 e. The molecule has 0 unspecified atom stereocenters. The van der Waals surface area contributed by atoms with Gasteiger partial charge in [0.2, 0.25) is 0 Å². The Balaban J connectivity index is 1.94. The summed E-state index contributed by atoms with van der Waals surface area (Å²) in [6.45, 7) is 0. The van der Waals surface area contributed by atoms with Crippen LogP contribution in [0.4, 0.5) is 0 Å². The first kappa shape index (κ1) is 12.8. The molecule has 0 radical (unpaired) electrons. The number of fused-ring (bicyclic) bond motifs is 1. The number of benzene rings is 2. The summed E-state index contributed by atoms with van der Waals surface area (Å²) in [6, 6.07) is 11.6. The van der Waals surface area contributed by atoms with E-state index in [2.05, 4.69) is 0 Å². The minimum Gasteiger partial charge on any atom is -0.507 e. The molecule has 0 aliphatic heterocycles. The van der Waals surface area contributed by atoms with Crippen LogP contribution in [-0.2, 0) is 0 Å². The molecule has 0 saturated heterocycles. The van der Waals surface area contributed by atoms with Crippen LogP contribution >= 0.6 is 11.8 Å². The second-order valence-electron chi connectivity index (χ2n) is 5.14. The van der Waals surface area contributed by atoms with E-state index in [1.54, 1.807) is 17.8 Å². The van der Waals surface area contributed by atoms with Crippen molar-refractivity contribution in [3.05, 3.63) is 36.4 Å². The molecule has 19 heavy (non-hydrogen) atoms. The molecule has 2 atom stereocenters. The number of hydrogen-bond acceptors (Lipinski definition) is 3. The van der Waals surface area contributed by atoms with Crippen molar-refractivity contribution < 1.29 is 10.2 Å². The number of hydrogen-bond donors (Lipinski definition) is 2. The Hall–Kier alpha value is -1.19. The molecule has 0 bridgehead atoms. The lowest BCUT2D eigenvalue weighted by atomic mass is 9.97. The number of thioether (sulfide) groups is 1. The van der Waals surface area contributed by atoms with Crippen LogP contribution in [0, 0.1) is 0 Å². The monoisotopic (exact) mass is 274 g/mol. The summed E-state index contributed by atoms with van der Waals surface area (Å²) in [5.41, 5.74) is 0. The van der Waals surface area contributed by atoms with Gasteiger partial charge < -0.3 is 10.2 Å². The molecule has 2 N–H and O–H groups in total. The predicted octanol–water partition coefficient (Wildman–Crippen LogP) is 3.94. The Kier molecular flexibility index (Phi) is 3.67. The van der Waals surface area contributed by atoms with E-state index in [4.69, 9.17) is 0 Å². The number of aliphatic hydroxyl groups excluding tert-OH is 1. The zero-order chi connectivity index (χ0) is 13.2. The highest BCUT2D eigenvalue weighted by Gasteiger charge is 2.24. The van der Waals surface area contributed by atoms with Gasteiger partial charge in [-0.05, 0) is 30.4 Å². The average molecular weight is 274 g/mol. The largest absolute Gasteiger partial charge is 0.507 e. The van der Waals surface area contributed by atoms with Gasteiger partial charge in [0, 0.05) is 15.5 Å². The van der Waals surface area contributed by atoms with Crippen LogP contribution in [-0.4, -0.2) is 21.6 Å². The Bertz CT molecular complexity index is 582. The normalized spacial score (nSPS) is 23.6. The molecule has 1 aliphatic rings. The van der Waals surface area contributed by atoms with E-state index in [-0.39, 0.29) is 11.4 Å². The second-order valence-corrected chi connectivity index (χ2v) is 6.42. The maximum absolute atomic E-state index is 10.1. The van der Waals surface area contributed by atoms with Gasteiger partial charge >= 0.3 is 0 Å². The van der Waals surface area contributed by atoms with E-state index >= 15 is 0 Å². The molecule has 0 amide bonds. The fraction of sp³-hybridized carbons (Fsp3) is 0.375. The minimum atomic E-state index is -0.202. The third-order valence-electron chi connectivity index (χ3n) is 3.81. The van der Waals surface area contributed by atoms with Gasteiger partial charge in [-0.1, -0.05) is 37.1 Å². The lowest BCUT2D eigenvalue weighted by molar-refractivity contribution is 0.137. The van der Waals surface area contributed by atoms with Gasteiger partial charge in [-0.2, -0.15) is 0 Å². The maximum atomic E-state index is 10.1. The van der Waals surface area contributed by atoms with Crippen molar-refractivity contribution >= 4 is 22.5 Å². The first-order valence-corrected chi connectivity index (χ1v) is 7.69. The van der Waals surface area contributed by atoms with Crippen molar-refractivity contribution in [2.45, 2.75) is 41.9 Å². The van der Waals surface area contributed by atoms with Gasteiger partial charge in [0.25, 0.3) is 0 Å². The molecule has 3 heteroatoms. The molecule has 2 nitrogen and oxygen atoms in total. The lowest BCUT2D eigenvalue weighted by Gasteiger charge is -2.27. The van der Waals surface area contributed by atoms with Crippen molar-refractivity contribution in [2.24, 2.45) is 0 Å². The van der Waals surface area contributed by atoms with Gasteiger partial charge in [0.05, 0.1) is 6.10 Å². The van der Waals surface area contributed by atoms with E-state index in [9.17, 15) is 10.2 Å². The van der Waals surface area contributed by atoms with Crippen LogP contribution in [0.3, 0.4) is 0 Å². The quantitative estimate of drug-likeness (QED) is 0.871. The molecule has 2 aromatic rings. The first-order valence-electron chi connectivity index (χ1n) is 6.81. The Morgan fingerprint density at radius 1 is 0.947 bits per heavy atom. The highest BCUT2D eigenvalue weighted by molar-refractivity contribution is 8.00. The van der Waals surface area contributed by atoms with Crippen molar-refractivity contribution in [3.63, 3.8) is 0 Å². The first-order chi connectivity index (χ1) is 9.25. The molecular weight excluding hydrogens is 256 g/mol. The van der Waals surface area contributed by atoms with Crippen molar-refractivity contribution in [1.29, 1.82) is 0 Å². The summed E-state index contributed by atoms with van der Waals surface area (Å²) >= 11 is 1.75. The van der Waals surface area contributed by atoms with E-state index in [1.807, 2.05) is 30.3 Å². The predicted molar refractivity (Wildman–Crippen MR) is 79.7 cm³/mol. The number of phenols is 1. The van der Waals surface area contributed by atoms with Crippen LogP contribution in [0.25, 0.3) is 10.8 Å². The molecule has 0 heterocycles. The average Bonchev–Trinajstić information content (AvgIpc) is 2.44. The van der Waals surface area contributed by atoms with Gasteiger partial charge in [0.1, 0.15) is 5.75 Å². The van der Waals surface area contributed by atoms with E-state index in [1.165, 1.54) is 6.42 Å². The van der Waals surface area contributed by atoms with Crippen LogP contribution in [0.2, 0.25) is 0 Å². The Morgan fingerprint density at radius 3 is 2.47 bits per heavy atom. The number of aromatic hydroxyl groups is 1. The zero-order valence-corrected chi connectivity index (χ0v) is 11.6. The van der Waals surface area contributed by atoms with Gasteiger partial charge in [-0.25, -0.2) is 0 Å². The van der Waals surface area contributed by atoms with Gasteiger partial charge in [-0.15, -0.1) is 11.8 Å². The second kappa shape index (κ2) is 5.43. The standard InChI is InChI=1S/C16H18O2S/c17-13-9-10-15(12-6-2-1-5-11(12)13)19-16-8-4-3-7-14(16)18/h1-2,5-6,9-10,14,16-18H,3-4,7-8H2/t14-,16-/m1/s1. The van der Waals surface area contributed by atoms with Crippen LogP contribution < -0.4 is 0 Å². The third kappa shape index (κ3) is 2.58. The van der Waals surface area contributed by atoms with Crippen LogP contribution in [0.5, 0.6) is 5.75 Å². The van der Waals surface area contributed by atoms with Crippen molar-refractivity contribution in [3.8, 4) is 5.75 Å². The van der Waals surface area contributed by atoms with Gasteiger partial charge in [-0.3, -0.25) is 0 Å². The highest BCUT2D eigenvalue weighted by Crippen LogP contribution is 2.39. The number of rotatable bonds is 2. The zero-order valence-electron chi connectivity index (χ0n) is 10.7. The summed E-state index contributed by atoms with van der Waals surface area (Å²) in [4.78, 5) is 1.15. The van der Waals surface area contributed by atoms with Crippen LogP contribution in [0.1, 0.15) is 25.7 Å². The van der Waals surface area contributed by atoms with E-state index in [0.717, 1.165) is 34.9 Å². The number of phenolic OH excluding ortho intramolecular Hbond substituents is 1. The summed E-state index contributed by atoms with van der Waals surface area (Å²) in [7, 11) is 0. The molecule has 3 rings (SSSR count). The molecule has 0 aromatic heterocycles. The lowest BCUT2D eigenvalue weighted by Crippen LogP contribution is -2.26. The molecule has 2 aromatic carbocycles. The van der Waals surface area contributed by atoms with Gasteiger partial charge in [0.15, 0.2) is 0 Å². The molecule has 1 aliphatic carbocycles. The summed E-state index contributed by atoms with van der Waals surface area (Å²) in [5, 5.41) is 22.2. The van der Waals surface area contributed by atoms with E-state index < -0.39 is 0 Å². The number of aliphatic hydroxyl groups is 1. The highest BCUT2D eigenvalue weighted by atomic mass is 32.2. The fourth-order valence-electron chi connectivity index (χ4n) is 2.74. The van der Waals surface area contributed by atoms with Crippen LogP contribution in [0.15, 0.2) is 41.3 Å². The third-order valence-corrected chi connectivity index (χ3v) is 5.27. The molecule has 1 fully saturated rings. The topological polar surface area (TPSA) is 40.5 Å². The minimum absolute atomic E-state index is 0.202. The molecule has 1 saturated carbocycles. The van der Waals surface area contributed by atoms with Crippen molar-refractivity contribution in [1.82, 2.24) is 0 Å².